The normalized spacial score (nSPS) is 28.1. The average molecular weight is 909 g/mol. The summed E-state index contributed by atoms with van der Waals surface area (Å²) in [6.45, 7) is 4.17. The Bertz CT molecular complexity index is 1640. The van der Waals surface area contributed by atoms with Crippen LogP contribution in [0.25, 0.3) is 0 Å². The second kappa shape index (κ2) is 25.2. The first-order valence-electron chi connectivity index (χ1n) is 19.8. The fourth-order valence-corrected chi connectivity index (χ4v) is 6.47. The van der Waals surface area contributed by atoms with Crippen LogP contribution in [0.5, 0.6) is 0 Å². The number of carboxylic acids is 1. The number of aliphatic hydroxyl groups excluding tert-OH is 4. The number of nitrogens with two attached hydrogens (primary N) is 3. The van der Waals surface area contributed by atoms with Gasteiger partial charge in [-0.1, -0.05) is 0 Å². The zero-order chi connectivity index (χ0) is 47.9. The maximum absolute atomic E-state index is 13.5. The highest BCUT2D eigenvalue weighted by Crippen LogP contribution is 2.31. The molecule has 2 saturated heterocycles. The summed E-state index contributed by atoms with van der Waals surface area (Å²) in [5.41, 5.74) is 16.1. The number of nitrogens with one attached hydrogen (secondary N) is 5. The number of aliphatic carboxylic acids is 1. The predicted molar refractivity (Wildman–Crippen MR) is 208 cm³/mol. The Kier molecular flexibility index (Phi) is 21.6. The van der Waals surface area contributed by atoms with Gasteiger partial charge in [-0.25, -0.2) is 4.79 Å². The fraction of sp³-hybridized carbons (Fsp3) is 0.750. The largest absolute Gasteiger partial charge is 0.480 e. The van der Waals surface area contributed by atoms with Crippen molar-refractivity contribution in [3.63, 3.8) is 0 Å². The summed E-state index contributed by atoms with van der Waals surface area (Å²) in [6.07, 6.45) is -15.7. The lowest BCUT2D eigenvalue weighted by molar-refractivity contribution is -0.333. The molecule has 15 unspecified atom stereocenters. The standard InChI is InChI=1S/C36H60N8O19/c1-13(32(54)44-19(31(39)53)9-10-23(49)43-20(34(56)57)8-6-7-18(37)30(38)52)40-33(55)14(2)60-29-25(42-16(4)47)35(58)61-22(12-59-17(5)48)28(29)63-36-24(41-15(3)46)27(51)26(50)21(11-45)62-36/h13-14,18-22,24-29,35-36,45,50-51,58H,6-12,37H2,1-5H3,(H2,38,52)(H2,39,53)(H,40,55)(H,41,46)(H,42,47)(H,43,49)(H,44,54)(H,56,57). The Morgan fingerprint density at radius 3 is 1.89 bits per heavy atom. The number of carbonyl (C=O) groups excluding carboxylic acids is 8. The number of amides is 7. The lowest BCUT2D eigenvalue weighted by Crippen LogP contribution is -2.70. The molecule has 16 N–H and O–H groups in total. The zero-order valence-electron chi connectivity index (χ0n) is 35.3. The van der Waals surface area contributed by atoms with Gasteiger partial charge in [0, 0.05) is 27.2 Å². The second-order valence-corrected chi connectivity index (χ2v) is 15.0. The minimum absolute atomic E-state index is 0.0652. The number of aliphatic hydroxyl groups is 4. The van der Waals surface area contributed by atoms with Gasteiger partial charge >= 0.3 is 11.9 Å². The summed E-state index contributed by atoms with van der Waals surface area (Å²) in [4.78, 5) is 111. The van der Waals surface area contributed by atoms with Gasteiger partial charge in [0.2, 0.25) is 41.4 Å². The topological polar surface area (TPSA) is 439 Å². The molecule has 0 radical (unpaired) electrons. The third-order valence-corrected chi connectivity index (χ3v) is 9.84. The predicted octanol–water partition coefficient (Wildman–Crippen LogP) is -7.32. The number of hydrogen-bond donors (Lipinski definition) is 13. The van der Waals surface area contributed by atoms with Crippen molar-refractivity contribution >= 4 is 53.3 Å². The lowest BCUT2D eigenvalue weighted by atomic mass is 9.94. The molecule has 27 heteroatoms. The second-order valence-electron chi connectivity index (χ2n) is 15.0. The lowest BCUT2D eigenvalue weighted by Gasteiger charge is -2.48. The molecule has 7 amide bonds. The van der Waals surface area contributed by atoms with Gasteiger partial charge in [-0.05, 0) is 39.5 Å². The summed E-state index contributed by atoms with van der Waals surface area (Å²) < 4.78 is 28.6. The van der Waals surface area contributed by atoms with Gasteiger partial charge in [-0.3, -0.25) is 38.4 Å². The van der Waals surface area contributed by atoms with E-state index in [4.69, 9.17) is 40.9 Å². The van der Waals surface area contributed by atoms with Gasteiger partial charge in [-0.15, -0.1) is 0 Å². The minimum Gasteiger partial charge on any atom is -0.480 e. The molecule has 2 fully saturated rings. The third-order valence-electron chi connectivity index (χ3n) is 9.84. The number of rotatable bonds is 24. The summed E-state index contributed by atoms with van der Waals surface area (Å²) in [5, 5.41) is 63.4. The van der Waals surface area contributed by atoms with Crippen molar-refractivity contribution in [2.24, 2.45) is 17.2 Å². The van der Waals surface area contributed by atoms with Crippen molar-refractivity contribution in [1.29, 1.82) is 0 Å². The van der Waals surface area contributed by atoms with Gasteiger partial charge in [0.15, 0.2) is 12.6 Å². The van der Waals surface area contributed by atoms with E-state index in [0.717, 1.165) is 20.8 Å². The van der Waals surface area contributed by atoms with E-state index in [-0.39, 0.29) is 25.7 Å². The smallest absolute Gasteiger partial charge is 0.326 e. The molecule has 2 rings (SSSR count). The van der Waals surface area contributed by atoms with E-state index in [0.29, 0.717) is 0 Å². The van der Waals surface area contributed by atoms with Crippen LogP contribution in [0.3, 0.4) is 0 Å². The highest BCUT2D eigenvalue weighted by molar-refractivity contribution is 5.92. The number of hydrogen-bond acceptors (Lipinski definition) is 19. The van der Waals surface area contributed by atoms with Gasteiger partial charge in [-0.2, -0.15) is 0 Å². The summed E-state index contributed by atoms with van der Waals surface area (Å²) in [6, 6.07) is -8.36. The number of primary amides is 2. The maximum Gasteiger partial charge on any atom is 0.326 e. The van der Waals surface area contributed by atoms with Crippen molar-refractivity contribution in [3.8, 4) is 0 Å². The van der Waals surface area contributed by atoms with Gasteiger partial charge in [0.1, 0.15) is 79.5 Å². The molecule has 0 saturated carbocycles. The Morgan fingerprint density at radius 2 is 1.35 bits per heavy atom. The minimum atomic E-state index is -1.91. The van der Waals surface area contributed by atoms with E-state index in [1.807, 2.05) is 0 Å². The van der Waals surface area contributed by atoms with Gasteiger partial charge < -0.3 is 93.0 Å². The highest BCUT2D eigenvalue weighted by Gasteiger charge is 2.53. The first-order chi connectivity index (χ1) is 29.4. The van der Waals surface area contributed by atoms with Crippen LogP contribution >= 0.6 is 0 Å². The summed E-state index contributed by atoms with van der Waals surface area (Å²) >= 11 is 0. The van der Waals surface area contributed by atoms with E-state index in [1.165, 1.54) is 13.8 Å². The molecule has 0 aromatic heterocycles. The maximum atomic E-state index is 13.5. The van der Waals surface area contributed by atoms with Crippen LogP contribution in [0.1, 0.15) is 66.7 Å². The van der Waals surface area contributed by atoms with Crippen LogP contribution in [-0.4, -0.2) is 184 Å². The third kappa shape index (κ3) is 16.8. The fourth-order valence-electron chi connectivity index (χ4n) is 6.47. The van der Waals surface area contributed by atoms with Crippen LogP contribution in [0.15, 0.2) is 0 Å². The zero-order valence-corrected chi connectivity index (χ0v) is 35.3. The first-order valence-corrected chi connectivity index (χ1v) is 19.8. The van der Waals surface area contributed by atoms with Crippen LogP contribution < -0.4 is 43.8 Å². The Hall–Kier alpha value is -5.13. The molecule has 2 aliphatic heterocycles. The SMILES string of the molecule is CC(=O)NC1C(OC2C(COC(C)=O)OC(O)C(NC(C)=O)C2OC(C)C(=O)NC(C)C(=O)NC(CCC(=O)NC(CCCC(N)C(N)=O)C(=O)O)C(N)=O)OC(CO)C(O)C1O. The molecule has 0 spiro atoms. The van der Waals surface area contributed by atoms with E-state index >= 15 is 0 Å². The quantitative estimate of drug-likeness (QED) is 0.0400. The van der Waals surface area contributed by atoms with Crippen LogP contribution in [-0.2, 0) is 66.8 Å². The number of carboxylic acid groups (broad SMARTS) is 1. The summed E-state index contributed by atoms with van der Waals surface area (Å²) in [5.74, 6) is -8.26. The highest BCUT2D eigenvalue weighted by atomic mass is 16.7. The molecule has 0 aromatic rings. The van der Waals surface area contributed by atoms with Crippen molar-refractivity contribution in [2.75, 3.05) is 13.2 Å². The number of carbonyl (C=O) groups is 9. The number of esters is 1. The molecule has 0 aromatic carbocycles. The molecule has 15 atom stereocenters. The van der Waals surface area contributed by atoms with Crippen LogP contribution in [0.4, 0.5) is 0 Å². The monoisotopic (exact) mass is 908 g/mol. The first kappa shape index (κ1) is 54.0. The molecule has 2 aliphatic rings. The van der Waals surface area contributed by atoms with Crippen molar-refractivity contribution < 1.29 is 92.4 Å². The Morgan fingerprint density at radius 1 is 0.730 bits per heavy atom. The van der Waals surface area contributed by atoms with E-state index < -0.39 is 164 Å². The number of ether oxygens (including phenoxy) is 5. The average Bonchev–Trinajstić information content (AvgIpc) is 3.19. The van der Waals surface area contributed by atoms with Gasteiger partial charge in [0.05, 0.1) is 12.6 Å². The molecule has 0 aliphatic carbocycles. The Labute approximate surface area is 360 Å². The molecular formula is C36H60N8O19. The molecule has 0 bridgehead atoms. The van der Waals surface area contributed by atoms with E-state index in [1.54, 1.807) is 0 Å². The van der Waals surface area contributed by atoms with Crippen molar-refractivity contribution in [2.45, 2.75) is 158 Å². The molecule has 358 valence electrons. The van der Waals surface area contributed by atoms with Crippen LogP contribution in [0.2, 0.25) is 0 Å². The molecule has 27 nitrogen and oxygen atoms in total. The van der Waals surface area contributed by atoms with Crippen molar-refractivity contribution in [1.82, 2.24) is 26.6 Å². The van der Waals surface area contributed by atoms with Gasteiger partial charge in [0.25, 0.3) is 0 Å². The molecular weight excluding hydrogens is 848 g/mol. The van der Waals surface area contributed by atoms with Crippen LogP contribution in [0, 0.1) is 0 Å². The van der Waals surface area contributed by atoms with E-state index in [2.05, 4.69) is 26.6 Å². The Balaban J connectivity index is 2.27. The summed E-state index contributed by atoms with van der Waals surface area (Å²) in [7, 11) is 0. The van der Waals surface area contributed by atoms with Crippen molar-refractivity contribution in [3.05, 3.63) is 0 Å². The molecule has 63 heavy (non-hydrogen) atoms. The van der Waals surface area contributed by atoms with E-state index in [9.17, 15) is 68.7 Å². The molecule has 2 heterocycles.